The molecule has 0 unspecified atom stereocenters. The Balaban J connectivity index is 3.97. The molecule has 1 aromatic heterocycles. The maximum atomic E-state index is 12.8. The van der Waals surface area contributed by atoms with Crippen LogP contribution in [0.4, 0.5) is 0 Å². The van der Waals surface area contributed by atoms with E-state index in [1.54, 1.807) is 11.7 Å². The molecular formula is C16H28N2O2. The van der Waals surface area contributed by atoms with E-state index in [1.807, 2.05) is 48.5 Å². The van der Waals surface area contributed by atoms with Crippen molar-refractivity contribution in [2.24, 2.45) is 7.05 Å². The number of rotatable bonds is 2. The molecule has 0 radical (unpaired) electrons. The van der Waals surface area contributed by atoms with Crippen LogP contribution in [0, 0.1) is 0 Å². The van der Waals surface area contributed by atoms with Crippen LogP contribution in [-0.2, 0) is 24.4 Å². The van der Waals surface area contributed by atoms with Crippen molar-refractivity contribution in [2.75, 3.05) is 0 Å². The summed E-state index contributed by atoms with van der Waals surface area (Å²) in [6, 6.07) is 0. The van der Waals surface area contributed by atoms with Gasteiger partial charge in [-0.3, -0.25) is 14.3 Å². The molecule has 0 fully saturated rings. The Morgan fingerprint density at radius 3 is 1.60 bits per heavy atom. The third kappa shape index (κ3) is 2.89. The third-order valence-electron chi connectivity index (χ3n) is 3.50. The Morgan fingerprint density at radius 2 is 1.25 bits per heavy atom. The molecule has 20 heavy (non-hydrogen) atoms. The Labute approximate surface area is 121 Å². The van der Waals surface area contributed by atoms with Crippen LogP contribution in [0.5, 0.6) is 0 Å². The van der Waals surface area contributed by atoms with E-state index in [-0.39, 0.29) is 21.9 Å². The fourth-order valence-corrected chi connectivity index (χ4v) is 2.61. The molecule has 0 amide bonds. The third-order valence-corrected chi connectivity index (χ3v) is 3.50. The molecule has 4 heteroatoms. The second-order valence-electron chi connectivity index (χ2n) is 7.51. The highest BCUT2D eigenvalue weighted by Crippen LogP contribution is 2.28. The number of aromatic nitrogens is 2. The van der Waals surface area contributed by atoms with Crippen molar-refractivity contribution in [1.82, 2.24) is 9.36 Å². The quantitative estimate of drug-likeness (QED) is 0.835. The van der Waals surface area contributed by atoms with Gasteiger partial charge >= 0.3 is 0 Å². The lowest BCUT2D eigenvalue weighted by atomic mass is 9.76. The maximum Gasteiger partial charge on any atom is 0.269 e. The van der Waals surface area contributed by atoms with Gasteiger partial charge in [-0.1, -0.05) is 48.5 Å². The van der Waals surface area contributed by atoms with Gasteiger partial charge in [0.1, 0.15) is 0 Å². The lowest BCUT2D eigenvalue weighted by Crippen LogP contribution is -2.47. The molecule has 0 aliphatic heterocycles. The molecule has 1 rings (SSSR count). The summed E-state index contributed by atoms with van der Waals surface area (Å²) in [5.41, 5.74) is 0.512. The van der Waals surface area contributed by atoms with Gasteiger partial charge < -0.3 is 0 Å². The van der Waals surface area contributed by atoms with Crippen molar-refractivity contribution in [3.8, 4) is 0 Å². The summed E-state index contributed by atoms with van der Waals surface area (Å²) < 4.78 is 3.04. The summed E-state index contributed by atoms with van der Waals surface area (Å²) in [5.74, 6) is 0. The molecule has 0 bridgehead atoms. The van der Waals surface area contributed by atoms with E-state index in [0.29, 0.717) is 17.7 Å². The SMILES string of the molecule is CCCn1c(=O)c(C(C)(C)C)c(C(C)(C)C)c(=O)n1C. The first-order valence-corrected chi connectivity index (χ1v) is 7.28. The minimum absolute atomic E-state index is 0.0358. The van der Waals surface area contributed by atoms with Gasteiger partial charge in [0.15, 0.2) is 0 Å². The monoisotopic (exact) mass is 280 g/mol. The van der Waals surface area contributed by atoms with E-state index in [1.165, 1.54) is 4.68 Å². The lowest BCUT2D eigenvalue weighted by molar-refractivity contribution is 0.416. The van der Waals surface area contributed by atoms with Gasteiger partial charge in [0.2, 0.25) is 0 Å². The van der Waals surface area contributed by atoms with Gasteiger partial charge in [-0.15, -0.1) is 0 Å². The van der Waals surface area contributed by atoms with Crippen LogP contribution in [-0.4, -0.2) is 9.36 Å². The van der Waals surface area contributed by atoms with Gasteiger partial charge in [0.05, 0.1) is 0 Å². The average Bonchev–Trinajstić information content (AvgIpc) is 2.25. The summed E-state index contributed by atoms with van der Waals surface area (Å²) in [6.07, 6.45) is 0.825. The van der Waals surface area contributed by atoms with Gasteiger partial charge in [-0.2, -0.15) is 0 Å². The highest BCUT2D eigenvalue weighted by molar-refractivity contribution is 5.34. The molecule has 1 aromatic rings. The molecule has 4 nitrogen and oxygen atoms in total. The first-order chi connectivity index (χ1) is 8.92. The summed E-state index contributed by atoms with van der Waals surface area (Å²) in [7, 11) is 1.68. The highest BCUT2D eigenvalue weighted by atomic mass is 16.2. The molecule has 1 heterocycles. The van der Waals surface area contributed by atoms with Crippen molar-refractivity contribution >= 4 is 0 Å². The van der Waals surface area contributed by atoms with E-state index in [9.17, 15) is 9.59 Å². The van der Waals surface area contributed by atoms with Crippen molar-refractivity contribution in [2.45, 2.75) is 72.3 Å². The zero-order chi connectivity index (χ0) is 15.9. The summed E-state index contributed by atoms with van der Waals surface area (Å²) in [6.45, 7) is 14.5. The normalized spacial score (nSPS) is 12.8. The average molecular weight is 280 g/mol. The molecule has 0 aliphatic carbocycles. The molecule has 0 spiro atoms. The van der Waals surface area contributed by atoms with Crippen molar-refractivity contribution < 1.29 is 0 Å². The van der Waals surface area contributed by atoms with Gasteiger partial charge in [-0.05, 0) is 17.3 Å². The Kier molecular flexibility index (Phi) is 4.37. The standard InChI is InChI=1S/C16H28N2O2/c1-9-10-18-14(20)12(16(5,6)7)11(15(2,3)4)13(19)17(18)8/h9-10H2,1-8H3. The van der Waals surface area contributed by atoms with Crippen LogP contribution in [0.2, 0.25) is 0 Å². The number of nitrogens with zero attached hydrogens (tertiary/aromatic N) is 2. The van der Waals surface area contributed by atoms with Gasteiger partial charge in [-0.25, -0.2) is 4.68 Å². The highest BCUT2D eigenvalue weighted by Gasteiger charge is 2.32. The van der Waals surface area contributed by atoms with Crippen molar-refractivity contribution in [3.05, 3.63) is 31.8 Å². The summed E-state index contributed by atoms with van der Waals surface area (Å²) in [4.78, 5) is 25.6. The predicted molar refractivity (Wildman–Crippen MR) is 83.6 cm³/mol. The Morgan fingerprint density at radius 1 is 0.850 bits per heavy atom. The Bertz CT molecular complexity index is 608. The van der Waals surface area contributed by atoms with Crippen LogP contribution in [0.3, 0.4) is 0 Å². The van der Waals surface area contributed by atoms with E-state index in [2.05, 4.69) is 0 Å². The fraction of sp³-hybridized carbons (Fsp3) is 0.750. The molecule has 0 aromatic carbocycles. The van der Waals surface area contributed by atoms with Crippen LogP contribution in [0.25, 0.3) is 0 Å². The molecule has 0 N–H and O–H groups in total. The van der Waals surface area contributed by atoms with E-state index >= 15 is 0 Å². The van der Waals surface area contributed by atoms with Crippen molar-refractivity contribution in [1.29, 1.82) is 0 Å². The van der Waals surface area contributed by atoms with Crippen LogP contribution in [0.15, 0.2) is 9.59 Å². The van der Waals surface area contributed by atoms with Crippen LogP contribution in [0.1, 0.15) is 66.0 Å². The van der Waals surface area contributed by atoms with Crippen LogP contribution >= 0.6 is 0 Å². The van der Waals surface area contributed by atoms with Crippen molar-refractivity contribution in [3.63, 3.8) is 0 Å². The molecule has 0 aliphatic rings. The van der Waals surface area contributed by atoms with Gasteiger partial charge in [0.25, 0.3) is 11.1 Å². The zero-order valence-electron chi connectivity index (χ0n) is 14.1. The largest absolute Gasteiger partial charge is 0.269 e. The smallest absolute Gasteiger partial charge is 0.268 e. The molecule has 0 saturated heterocycles. The topological polar surface area (TPSA) is 44.0 Å². The lowest BCUT2D eigenvalue weighted by Gasteiger charge is -2.30. The first-order valence-electron chi connectivity index (χ1n) is 7.28. The first kappa shape index (κ1) is 16.7. The second kappa shape index (κ2) is 5.23. The predicted octanol–water partition coefficient (Wildman–Crippen LogP) is 2.55. The van der Waals surface area contributed by atoms with E-state index in [4.69, 9.17) is 0 Å². The maximum absolute atomic E-state index is 12.8. The Hall–Kier alpha value is -1.32. The fourth-order valence-electron chi connectivity index (χ4n) is 2.61. The minimum atomic E-state index is -0.345. The minimum Gasteiger partial charge on any atom is -0.268 e. The number of hydrogen-bond donors (Lipinski definition) is 0. The number of hydrogen-bond acceptors (Lipinski definition) is 2. The molecule has 0 atom stereocenters. The summed E-state index contributed by atoms with van der Waals surface area (Å²) >= 11 is 0. The second-order valence-corrected chi connectivity index (χ2v) is 7.51. The van der Waals surface area contributed by atoms with Gasteiger partial charge in [0, 0.05) is 24.7 Å². The molecule has 114 valence electrons. The zero-order valence-corrected chi connectivity index (χ0v) is 14.1. The summed E-state index contributed by atoms with van der Waals surface area (Å²) in [5, 5.41) is 0. The van der Waals surface area contributed by atoms with Crippen LogP contribution < -0.4 is 11.1 Å². The van der Waals surface area contributed by atoms with E-state index < -0.39 is 0 Å². The molecule has 0 saturated carbocycles. The molecular weight excluding hydrogens is 252 g/mol. The van der Waals surface area contributed by atoms with E-state index in [0.717, 1.165) is 6.42 Å².